The molecule has 0 aromatic heterocycles. The van der Waals surface area contributed by atoms with Crippen LogP contribution in [0.4, 0.5) is 0 Å². The fourth-order valence-corrected chi connectivity index (χ4v) is 3.46. The van der Waals surface area contributed by atoms with Crippen molar-refractivity contribution in [1.29, 1.82) is 0 Å². The SMILES string of the molecule is CC(C)CN(CCN1CCCCC1)CC1CCCN1. The highest BCUT2D eigenvalue weighted by atomic mass is 15.2. The van der Waals surface area contributed by atoms with Crippen molar-refractivity contribution in [2.45, 2.75) is 52.0 Å². The van der Waals surface area contributed by atoms with E-state index >= 15 is 0 Å². The van der Waals surface area contributed by atoms with Gasteiger partial charge in [-0.1, -0.05) is 20.3 Å². The summed E-state index contributed by atoms with van der Waals surface area (Å²) in [6.45, 7) is 13.6. The highest BCUT2D eigenvalue weighted by Gasteiger charge is 2.19. The molecule has 0 bridgehead atoms. The van der Waals surface area contributed by atoms with Crippen LogP contribution >= 0.6 is 0 Å². The van der Waals surface area contributed by atoms with Crippen molar-refractivity contribution in [2.75, 3.05) is 45.8 Å². The van der Waals surface area contributed by atoms with Gasteiger partial charge >= 0.3 is 0 Å². The van der Waals surface area contributed by atoms with Gasteiger partial charge in [0.25, 0.3) is 0 Å². The lowest BCUT2D eigenvalue weighted by atomic mass is 10.1. The molecule has 112 valence electrons. The molecular formula is C16H33N3. The van der Waals surface area contributed by atoms with Crippen LogP contribution in [0, 0.1) is 5.92 Å². The monoisotopic (exact) mass is 267 g/mol. The van der Waals surface area contributed by atoms with Gasteiger partial charge in [-0.15, -0.1) is 0 Å². The molecule has 2 heterocycles. The second-order valence-corrected chi connectivity index (χ2v) is 6.85. The number of nitrogens with zero attached hydrogens (tertiary/aromatic N) is 2. The summed E-state index contributed by atoms with van der Waals surface area (Å²) in [5.41, 5.74) is 0. The lowest BCUT2D eigenvalue weighted by molar-refractivity contribution is 0.164. The maximum absolute atomic E-state index is 3.64. The van der Waals surface area contributed by atoms with Crippen LogP contribution in [0.2, 0.25) is 0 Å². The Morgan fingerprint density at radius 3 is 2.58 bits per heavy atom. The first-order valence-corrected chi connectivity index (χ1v) is 8.42. The van der Waals surface area contributed by atoms with Crippen LogP contribution in [-0.2, 0) is 0 Å². The third-order valence-corrected chi connectivity index (χ3v) is 4.45. The minimum atomic E-state index is 0.750. The molecule has 19 heavy (non-hydrogen) atoms. The second-order valence-electron chi connectivity index (χ2n) is 6.85. The van der Waals surface area contributed by atoms with E-state index in [2.05, 4.69) is 29.0 Å². The van der Waals surface area contributed by atoms with E-state index in [0.717, 1.165) is 12.0 Å². The topological polar surface area (TPSA) is 18.5 Å². The molecule has 0 aliphatic carbocycles. The summed E-state index contributed by atoms with van der Waals surface area (Å²) in [5, 5.41) is 3.64. The normalized spacial score (nSPS) is 25.6. The molecule has 0 aromatic carbocycles. The first-order chi connectivity index (χ1) is 9.24. The van der Waals surface area contributed by atoms with Crippen molar-refractivity contribution in [3.8, 4) is 0 Å². The van der Waals surface area contributed by atoms with E-state index in [1.54, 1.807) is 0 Å². The van der Waals surface area contributed by atoms with Gasteiger partial charge in [-0.25, -0.2) is 0 Å². The lowest BCUT2D eigenvalue weighted by Gasteiger charge is -2.32. The molecule has 3 heteroatoms. The molecule has 2 rings (SSSR count). The summed E-state index contributed by atoms with van der Waals surface area (Å²) in [5.74, 6) is 0.780. The average Bonchev–Trinajstić information content (AvgIpc) is 2.89. The molecule has 1 N–H and O–H groups in total. The molecule has 2 saturated heterocycles. The van der Waals surface area contributed by atoms with Crippen molar-refractivity contribution in [3.63, 3.8) is 0 Å². The fraction of sp³-hybridized carbons (Fsp3) is 1.00. The largest absolute Gasteiger partial charge is 0.313 e. The number of piperidine rings is 1. The molecule has 2 aliphatic heterocycles. The van der Waals surface area contributed by atoms with E-state index in [4.69, 9.17) is 0 Å². The van der Waals surface area contributed by atoms with E-state index < -0.39 is 0 Å². The van der Waals surface area contributed by atoms with Gasteiger partial charge in [-0.2, -0.15) is 0 Å². The van der Waals surface area contributed by atoms with Gasteiger partial charge in [-0.05, 0) is 51.2 Å². The van der Waals surface area contributed by atoms with E-state index in [1.807, 2.05) is 0 Å². The number of hydrogen-bond donors (Lipinski definition) is 1. The highest BCUT2D eigenvalue weighted by Crippen LogP contribution is 2.11. The van der Waals surface area contributed by atoms with Crippen LogP contribution in [0.15, 0.2) is 0 Å². The van der Waals surface area contributed by atoms with Crippen molar-refractivity contribution >= 4 is 0 Å². The predicted molar refractivity (Wildman–Crippen MR) is 82.6 cm³/mol. The third-order valence-electron chi connectivity index (χ3n) is 4.45. The van der Waals surface area contributed by atoms with Crippen LogP contribution < -0.4 is 5.32 Å². The van der Waals surface area contributed by atoms with Crippen molar-refractivity contribution in [3.05, 3.63) is 0 Å². The zero-order valence-electron chi connectivity index (χ0n) is 13.0. The Kier molecular flexibility index (Phi) is 6.62. The van der Waals surface area contributed by atoms with Crippen LogP contribution in [0.25, 0.3) is 0 Å². The van der Waals surface area contributed by atoms with E-state index in [0.29, 0.717) is 0 Å². The van der Waals surface area contributed by atoms with E-state index in [-0.39, 0.29) is 0 Å². The Hall–Kier alpha value is -0.120. The smallest absolute Gasteiger partial charge is 0.0195 e. The van der Waals surface area contributed by atoms with Gasteiger partial charge in [-0.3, -0.25) is 0 Å². The number of nitrogens with one attached hydrogen (secondary N) is 1. The summed E-state index contributed by atoms with van der Waals surface area (Å²) in [6, 6.07) is 0.750. The summed E-state index contributed by atoms with van der Waals surface area (Å²) in [6.07, 6.45) is 7.01. The molecule has 0 spiro atoms. The second kappa shape index (κ2) is 8.23. The predicted octanol–water partition coefficient (Wildman–Crippen LogP) is 2.18. The molecule has 0 aromatic rings. The van der Waals surface area contributed by atoms with Crippen molar-refractivity contribution in [2.24, 2.45) is 5.92 Å². The molecule has 2 fully saturated rings. The van der Waals surface area contributed by atoms with E-state index in [9.17, 15) is 0 Å². The molecule has 0 radical (unpaired) electrons. The molecule has 2 aliphatic rings. The quantitative estimate of drug-likeness (QED) is 0.763. The van der Waals surface area contributed by atoms with E-state index in [1.165, 1.54) is 77.9 Å². The molecule has 0 saturated carbocycles. The van der Waals surface area contributed by atoms with Gasteiger partial charge < -0.3 is 15.1 Å². The lowest BCUT2D eigenvalue weighted by Crippen LogP contribution is -2.44. The summed E-state index contributed by atoms with van der Waals surface area (Å²) >= 11 is 0. The molecule has 0 amide bonds. The van der Waals surface area contributed by atoms with Crippen LogP contribution in [0.5, 0.6) is 0 Å². The minimum absolute atomic E-state index is 0.750. The molecule has 3 nitrogen and oxygen atoms in total. The first-order valence-electron chi connectivity index (χ1n) is 8.42. The standard InChI is InChI=1S/C16H33N3/c1-15(2)13-19(14-16-7-6-8-17-16)12-11-18-9-4-3-5-10-18/h15-17H,3-14H2,1-2H3. The number of rotatable bonds is 7. The Balaban J connectivity index is 1.72. The van der Waals surface area contributed by atoms with Crippen LogP contribution in [-0.4, -0.2) is 61.7 Å². The summed E-state index contributed by atoms with van der Waals surface area (Å²) < 4.78 is 0. The Morgan fingerprint density at radius 1 is 1.16 bits per heavy atom. The maximum atomic E-state index is 3.64. The van der Waals surface area contributed by atoms with Gasteiger partial charge in [0.05, 0.1) is 0 Å². The third kappa shape index (κ3) is 5.80. The fourth-order valence-electron chi connectivity index (χ4n) is 3.46. The Labute approximate surface area is 119 Å². The Morgan fingerprint density at radius 2 is 1.95 bits per heavy atom. The first kappa shape index (κ1) is 15.3. The van der Waals surface area contributed by atoms with Gasteiger partial charge in [0.1, 0.15) is 0 Å². The minimum Gasteiger partial charge on any atom is -0.313 e. The summed E-state index contributed by atoms with van der Waals surface area (Å²) in [7, 11) is 0. The van der Waals surface area contributed by atoms with Crippen molar-refractivity contribution in [1.82, 2.24) is 15.1 Å². The maximum Gasteiger partial charge on any atom is 0.0195 e. The van der Waals surface area contributed by atoms with Gasteiger partial charge in [0.2, 0.25) is 0 Å². The highest BCUT2D eigenvalue weighted by molar-refractivity contribution is 4.79. The molecule has 1 atom stereocenters. The van der Waals surface area contributed by atoms with Gasteiger partial charge in [0.15, 0.2) is 0 Å². The molecule has 1 unspecified atom stereocenters. The summed E-state index contributed by atoms with van der Waals surface area (Å²) in [4.78, 5) is 5.36. The zero-order chi connectivity index (χ0) is 13.5. The Bertz CT molecular complexity index is 230. The number of likely N-dealkylation sites (tertiary alicyclic amines) is 1. The zero-order valence-corrected chi connectivity index (χ0v) is 13.0. The van der Waals surface area contributed by atoms with Crippen molar-refractivity contribution < 1.29 is 0 Å². The van der Waals surface area contributed by atoms with Crippen LogP contribution in [0.1, 0.15) is 46.0 Å². The van der Waals surface area contributed by atoms with Crippen LogP contribution in [0.3, 0.4) is 0 Å². The number of hydrogen-bond acceptors (Lipinski definition) is 3. The average molecular weight is 267 g/mol. The molecular weight excluding hydrogens is 234 g/mol. The van der Waals surface area contributed by atoms with Gasteiger partial charge in [0, 0.05) is 32.2 Å².